The molecule has 2 N–H and O–H groups in total. The van der Waals surface area contributed by atoms with Crippen molar-refractivity contribution in [1.82, 2.24) is 15.5 Å². The van der Waals surface area contributed by atoms with Gasteiger partial charge in [-0.1, -0.05) is 44.2 Å². The van der Waals surface area contributed by atoms with Crippen LogP contribution in [0.4, 0.5) is 4.79 Å². The number of rotatable bonds is 9. The quantitative estimate of drug-likeness (QED) is 0.674. The predicted molar refractivity (Wildman–Crippen MR) is 95.9 cm³/mol. The van der Waals surface area contributed by atoms with Crippen LogP contribution in [0.2, 0.25) is 0 Å². The van der Waals surface area contributed by atoms with Crippen LogP contribution in [0.3, 0.4) is 0 Å². The number of nitrogens with one attached hydrogen (secondary N) is 2. The summed E-state index contributed by atoms with van der Waals surface area (Å²) < 4.78 is 0. The van der Waals surface area contributed by atoms with Crippen molar-refractivity contribution in [3.63, 3.8) is 0 Å². The first-order valence-corrected chi connectivity index (χ1v) is 8.99. The lowest BCUT2D eigenvalue weighted by atomic mass is 10.1. The van der Waals surface area contributed by atoms with E-state index in [0.29, 0.717) is 13.0 Å². The lowest BCUT2D eigenvalue weighted by Gasteiger charge is -2.31. The molecule has 1 fully saturated rings. The summed E-state index contributed by atoms with van der Waals surface area (Å²) >= 11 is 0. The third kappa shape index (κ3) is 5.31. The SMILES string of the molecule is CCC(CC)N(CCc1ccccc1)C(=O)CC[C@H]1NC(=O)NC1=O. The Labute approximate surface area is 149 Å². The maximum atomic E-state index is 12.8. The molecule has 6 nitrogen and oxygen atoms in total. The van der Waals surface area contributed by atoms with E-state index in [-0.39, 0.29) is 24.3 Å². The van der Waals surface area contributed by atoms with Gasteiger partial charge in [-0.15, -0.1) is 0 Å². The summed E-state index contributed by atoms with van der Waals surface area (Å²) in [4.78, 5) is 37.5. The Balaban J connectivity index is 1.95. The molecular formula is C19H27N3O3. The van der Waals surface area contributed by atoms with Gasteiger partial charge in [-0.2, -0.15) is 0 Å². The van der Waals surface area contributed by atoms with E-state index in [2.05, 4.69) is 36.6 Å². The lowest BCUT2D eigenvalue weighted by Crippen LogP contribution is -2.42. The highest BCUT2D eigenvalue weighted by atomic mass is 16.2. The number of hydrogen-bond acceptors (Lipinski definition) is 3. The van der Waals surface area contributed by atoms with Crippen LogP contribution in [0.15, 0.2) is 30.3 Å². The van der Waals surface area contributed by atoms with Gasteiger partial charge in [-0.05, 0) is 31.2 Å². The molecule has 1 aliphatic rings. The molecule has 1 aromatic rings. The van der Waals surface area contributed by atoms with Crippen LogP contribution in [0.25, 0.3) is 0 Å². The van der Waals surface area contributed by atoms with Gasteiger partial charge in [-0.3, -0.25) is 14.9 Å². The van der Waals surface area contributed by atoms with Crippen LogP contribution in [0.1, 0.15) is 45.1 Å². The molecule has 0 aliphatic carbocycles. The van der Waals surface area contributed by atoms with Crippen molar-refractivity contribution in [1.29, 1.82) is 0 Å². The van der Waals surface area contributed by atoms with E-state index in [1.54, 1.807) is 0 Å². The van der Waals surface area contributed by atoms with Gasteiger partial charge >= 0.3 is 6.03 Å². The second-order valence-electron chi connectivity index (χ2n) is 6.35. The van der Waals surface area contributed by atoms with E-state index in [9.17, 15) is 14.4 Å². The Bertz CT molecular complexity index is 599. The van der Waals surface area contributed by atoms with Crippen molar-refractivity contribution in [3.05, 3.63) is 35.9 Å². The molecule has 4 amide bonds. The van der Waals surface area contributed by atoms with Crippen LogP contribution in [0.5, 0.6) is 0 Å². The number of benzene rings is 1. The first-order valence-electron chi connectivity index (χ1n) is 8.99. The van der Waals surface area contributed by atoms with Gasteiger partial charge in [0.2, 0.25) is 5.91 Å². The van der Waals surface area contributed by atoms with E-state index in [4.69, 9.17) is 0 Å². The number of carbonyl (C=O) groups is 3. The van der Waals surface area contributed by atoms with Crippen molar-refractivity contribution in [2.75, 3.05) is 6.54 Å². The van der Waals surface area contributed by atoms with Gasteiger partial charge < -0.3 is 10.2 Å². The number of amides is 4. The Morgan fingerprint density at radius 3 is 2.40 bits per heavy atom. The highest BCUT2D eigenvalue weighted by Crippen LogP contribution is 2.14. The lowest BCUT2D eigenvalue weighted by molar-refractivity contribution is -0.134. The third-order valence-electron chi connectivity index (χ3n) is 4.69. The molecule has 0 unspecified atom stereocenters. The summed E-state index contributed by atoms with van der Waals surface area (Å²) in [5.74, 6) is -0.310. The zero-order chi connectivity index (χ0) is 18.2. The molecule has 1 aliphatic heterocycles. The fourth-order valence-corrected chi connectivity index (χ4v) is 3.21. The number of hydrogen-bond donors (Lipinski definition) is 2. The summed E-state index contributed by atoms with van der Waals surface area (Å²) in [5, 5.41) is 4.74. The molecule has 2 rings (SSSR count). The minimum absolute atomic E-state index is 0.0404. The largest absolute Gasteiger partial charge is 0.339 e. The van der Waals surface area contributed by atoms with E-state index < -0.39 is 12.1 Å². The maximum absolute atomic E-state index is 12.8. The highest BCUT2D eigenvalue weighted by Gasteiger charge is 2.30. The van der Waals surface area contributed by atoms with E-state index in [1.165, 1.54) is 5.56 Å². The first kappa shape index (κ1) is 19.0. The molecular weight excluding hydrogens is 318 g/mol. The maximum Gasteiger partial charge on any atom is 0.322 e. The highest BCUT2D eigenvalue weighted by molar-refractivity contribution is 6.04. The normalized spacial score (nSPS) is 16.7. The van der Waals surface area contributed by atoms with Crippen LogP contribution >= 0.6 is 0 Å². The predicted octanol–water partition coefficient (Wildman–Crippen LogP) is 2.23. The fraction of sp³-hybridized carbons (Fsp3) is 0.526. The zero-order valence-corrected chi connectivity index (χ0v) is 15.0. The second kappa shape index (κ2) is 9.20. The van der Waals surface area contributed by atoms with E-state index in [0.717, 1.165) is 19.3 Å². The van der Waals surface area contributed by atoms with Crippen molar-refractivity contribution in [3.8, 4) is 0 Å². The summed E-state index contributed by atoms with van der Waals surface area (Å²) in [5.41, 5.74) is 1.20. The monoisotopic (exact) mass is 345 g/mol. The van der Waals surface area contributed by atoms with Crippen molar-refractivity contribution >= 4 is 17.8 Å². The van der Waals surface area contributed by atoms with Crippen molar-refractivity contribution in [2.24, 2.45) is 0 Å². The average Bonchev–Trinajstić information content (AvgIpc) is 2.94. The number of urea groups is 1. The molecule has 0 radical (unpaired) electrons. The Hall–Kier alpha value is -2.37. The molecule has 0 aromatic heterocycles. The Morgan fingerprint density at radius 2 is 1.84 bits per heavy atom. The van der Waals surface area contributed by atoms with Gasteiger partial charge in [0, 0.05) is 19.0 Å². The average molecular weight is 345 g/mol. The molecule has 6 heteroatoms. The second-order valence-corrected chi connectivity index (χ2v) is 6.35. The zero-order valence-electron chi connectivity index (χ0n) is 15.0. The number of carbonyl (C=O) groups excluding carboxylic acids is 3. The van der Waals surface area contributed by atoms with Crippen molar-refractivity contribution in [2.45, 2.75) is 58.0 Å². The van der Waals surface area contributed by atoms with Crippen LogP contribution in [0, 0.1) is 0 Å². The fourth-order valence-electron chi connectivity index (χ4n) is 3.21. The van der Waals surface area contributed by atoms with Gasteiger partial charge in [0.1, 0.15) is 6.04 Å². The molecule has 1 saturated heterocycles. The minimum atomic E-state index is -0.603. The Morgan fingerprint density at radius 1 is 1.16 bits per heavy atom. The van der Waals surface area contributed by atoms with Crippen LogP contribution in [-0.4, -0.2) is 41.4 Å². The molecule has 136 valence electrons. The van der Waals surface area contributed by atoms with Crippen LogP contribution < -0.4 is 10.6 Å². The van der Waals surface area contributed by atoms with E-state index >= 15 is 0 Å². The summed E-state index contributed by atoms with van der Waals surface area (Å²) in [7, 11) is 0. The molecule has 1 heterocycles. The van der Waals surface area contributed by atoms with Gasteiger partial charge in [-0.25, -0.2) is 4.79 Å². The number of imide groups is 1. The van der Waals surface area contributed by atoms with E-state index in [1.807, 2.05) is 23.1 Å². The number of nitrogens with zero attached hydrogens (tertiary/aromatic N) is 1. The molecule has 0 saturated carbocycles. The third-order valence-corrected chi connectivity index (χ3v) is 4.69. The molecule has 1 atom stereocenters. The van der Waals surface area contributed by atoms with Crippen LogP contribution in [-0.2, 0) is 16.0 Å². The minimum Gasteiger partial charge on any atom is -0.339 e. The molecule has 25 heavy (non-hydrogen) atoms. The molecule has 1 aromatic carbocycles. The summed E-state index contributed by atoms with van der Waals surface area (Å²) in [6.45, 7) is 4.83. The summed E-state index contributed by atoms with van der Waals surface area (Å²) in [6, 6.07) is 9.22. The van der Waals surface area contributed by atoms with Gasteiger partial charge in [0.15, 0.2) is 0 Å². The summed E-state index contributed by atoms with van der Waals surface area (Å²) in [6.07, 6.45) is 3.20. The molecule has 0 spiro atoms. The Kier molecular flexibility index (Phi) is 6.98. The smallest absolute Gasteiger partial charge is 0.322 e. The van der Waals surface area contributed by atoms with Gasteiger partial charge in [0.05, 0.1) is 0 Å². The van der Waals surface area contributed by atoms with Gasteiger partial charge in [0.25, 0.3) is 5.91 Å². The topological polar surface area (TPSA) is 78.5 Å². The standard InChI is InChI=1S/C19H27N3O3/c1-3-15(4-2)22(13-12-14-8-6-5-7-9-14)17(23)11-10-16-18(24)21-19(25)20-16/h5-9,15-16H,3-4,10-13H2,1-2H3,(H2,20,21,24,25)/t16-/m1/s1. The van der Waals surface area contributed by atoms with Crippen molar-refractivity contribution < 1.29 is 14.4 Å². The molecule has 0 bridgehead atoms. The first-order chi connectivity index (χ1) is 12.0.